The summed E-state index contributed by atoms with van der Waals surface area (Å²) in [4.78, 5) is 5.35. The second-order valence-corrected chi connectivity index (χ2v) is 13.2. The molecular weight excluding hydrogens is 579 g/mol. The molecule has 0 unspecified atom stereocenters. The molecule has 3 aliphatic rings. The third kappa shape index (κ3) is 4.42. The van der Waals surface area contributed by atoms with Crippen molar-refractivity contribution in [2.24, 2.45) is 0 Å². The predicted octanol–water partition coefficient (Wildman–Crippen LogP) is 12.3. The Kier molecular flexibility index (Phi) is 6.62. The number of fused-ring (bicyclic) bond motifs is 5. The molecule has 9 rings (SSSR count). The summed E-state index contributed by atoms with van der Waals surface area (Å²) < 4.78 is 0. The van der Waals surface area contributed by atoms with Crippen LogP contribution in [0.5, 0.6) is 0 Å². The number of hydrogen-bond acceptors (Lipinski definition) is 1. The van der Waals surface area contributed by atoms with Crippen LogP contribution in [0.25, 0.3) is 60.8 Å². The largest absolute Gasteiger partial charge is 0.247 e. The van der Waals surface area contributed by atoms with Crippen LogP contribution in [-0.2, 0) is 6.42 Å². The summed E-state index contributed by atoms with van der Waals surface area (Å²) >= 11 is 0. The Hall–Kier alpha value is -5.79. The molecule has 5 aromatic carbocycles. The third-order valence-corrected chi connectivity index (χ3v) is 10.4. The van der Waals surface area contributed by atoms with Crippen molar-refractivity contribution in [3.63, 3.8) is 0 Å². The van der Waals surface area contributed by atoms with Crippen LogP contribution in [0, 0.1) is 0 Å². The SMILES string of the molecule is C=C1CCc2c(c(-c3ccccc3)nc3ccc(C(=C)c4ccccc4)cc23)/C1=C/C=C(\C)c1ccc2c3c(cccc13)C1=C2C=CC1. The first-order chi connectivity index (χ1) is 23.6. The molecule has 0 N–H and O–H groups in total. The summed E-state index contributed by atoms with van der Waals surface area (Å²) in [5, 5.41) is 3.92. The minimum absolute atomic E-state index is 0.911. The van der Waals surface area contributed by atoms with Crippen LogP contribution in [0.1, 0.15) is 58.7 Å². The normalized spacial score (nSPS) is 15.9. The highest BCUT2D eigenvalue weighted by molar-refractivity contribution is 6.19. The molecule has 0 bridgehead atoms. The van der Waals surface area contributed by atoms with Gasteiger partial charge < -0.3 is 0 Å². The summed E-state index contributed by atoms with van der Waals surface area (Å²) in [5.74, 6) is 0. The van der Waals surface area contributed by atoms with Gasteiger partial charge in [-0.3, -0.25) is 0 Å². The second kappa shape index (κ2) is 11.2. The number of hydrogen-bond donors (Lipinski definition) is 0. The minimum atomic E-state index is 0.911. The Labute approximate surface area is 282 Å². The molecule has 6 aromatic rings. The third-order valence-electron chi connectivity index (χ3n) is 10.4. The Balaban J connectivity index is 1.21. The fourth-order valence-corrected chi connectivity index (χ4v) is 8.00. The van der Waals surface area contributed by atoms with Crippen LogP contribution < -0.4 is 0 Å². The average molecular weight is 614 g/mol. The Morgan fingerprint density at radius 3 is 2.42 bits per heavy atom. The molecule has 0 saturated carbocycles. The highest BCUT2D eigenvalue weighted by atomic mass is 14.7. The highest BCUT2D eigenvalue weighted by Crippen LogP contribution is 2.48. The van der Waals surface area contributed by atoms with Gasteiger partial charge in [-0.05, 0) is 116 Å². The van der Waals surface area contributed by atoms with E-state index in [-0.39, 0.29) is 0 Å². The maximum atomic E-state index is 5.35. The van der Waals surface area contributed by atoms with E-state index in [1.54, 1.807) is 0 Å². The molecule has 0 saturated heterocycles. The molecule has 0 atom stereocenters. The first-order valence-corrected chi connectivity index (χ1v) is 16.9. The van der Waals surface area contributed by atoms with Gasteiger partial charge in [0.1, 0.15) is 0 Å². The lowest BCUT2D eigenvalue weighted by molar-refractivity contribution is 0.949. The lowest BCUT2D eigenvalue weighted by Crippen LogP contribution is -2.09. The van der Waals surface area contributed by atoms with Crippen LogP contribution in [0.15, 0.2) is 152 Å². The van der Waals surface area contributed by atoms with Crippen molar-refractivity contribution in [3.8, 4) is 11.3 Å². The number of benzene rings is 5. The van der Waals surface area contributed by atoms with E-state index < -0.39 is 0 Å². The van der Waals surface area contributed by atoms with E-state index in [9.17, 15) is 0 Å². The van der Waals surface area contributed by atoms with Crippen LogP contribution >= 0.6 is 0 Å². The monoisotopic (exact) mass is 613 g/mol. The lowest BCUT2D eigenvalue weighted by atomic mass is 9.79. The molecule has 0 radical (unpaired) electrons. The number of rotatable bonds is 5. The topological polar surface area (TPSA) is 12.9 Å². The zero-order valence-corrected chi connectivity index (χ0v) is 27.2. The van der Waals surface area contributed by atoms with Crippen molar-refractivity contribution in [2.45, 2.75) is 26.2 Å². The van der Waals surface area contributed by atoms with E-state index in [0.29, 0.717) is 0 Å². The molecule has 3 aliphatic carbocycles. The molecule has 1 nitrogen and oxygen atoms in total. The number of nitrogens with zero attached hydrogens (tertiary/aromatic N) is 1. The van der Waals surface area contributed by atoms with Crippen molar-refractivity contribution >= 4 is 49.5 Å². The molecule has 0 fully saturated rings. The minimum Gasteiger partial charge on any atom is -0.247 e. The number of aromatic nitrogens is 1. The van der Waals surface area contributed by atoms with Crippen LogP contribution in [0.2, 0.25) is 0 Å². The van der Waals surface area contributed by atoms with E-state index in [2.05, 4.69) is 148 Å². The van der Waals surface area contributed by atoms with Gasteiger partial charge in [-0.25, -0.2) is 4.98 Å². The fraction of sp³-hybridized carbons (Fsp3) is 0.0851. The van der Waals surface area contributed by atoms with Gasteiger partial charge in [0.2, 0.25) is 0 Å². The molecular formula is C47H35N. The van der Waals surface area contributed by atoms with Crippen LogP contribution in [0.3, 0.4) is 0 Å². The molecule has 0 aliphatic heterocycles. The Bertz CT molecular complexity index is 2480. The van der Waals surface area contributed by atoms with Gasteiger partial charge in [-0.15, -0.1) is 0 Å². The van der Waals surface area contributed by atoms with E-state index in [1.165, 1.54) is 66.3 Å². The van der Waals surface area contributed by atoms with Crippen LogP contribution in [0.4, 0.5) is 0 Å². The van der Waals surface area contributed by atoms with Crippen molar-refractivity contribution in [2.75, 3.05) is 0 Å². The fourth-order valence-electron chi connectivity index (χ4n) is 8.00. The second-order valence-electron chi connectivity index (χ2n) is 13.2. The first-order valence-electron chi connectivity index (χ1n) is 16.9. The van der Waals surface area contributed by atoms with Gasteiger partial charge in [0, 0.05) is 16.5 Å². The summed E-state index contributed by atoms with van der Waals surface area (Å²) in [6.45, 7) is 11.3. The van der Waals surface area contributed by atoms with E-state index in [0.717, 1.165) is 58.3 Å². The predicted molar refractivity (Wildman–Crippen MR) is 205 cm³/mol. The van der Waals surface area contributed by atoms with Crippen molar-refractivity contribution < 1.29 is 0 Å². The van der Waals surface area contributed by atoms with E-state index >= 15 is 0 Å². The average Bonchev–Trinajstić information content (AvgIpc) is 3.74. The summed E-state index contributed by atoms with van der Waals surface area (Å²) in [5.41, 5.74) is 19.4. The van der Waals surface area contributed by atoms with Crippen molar-refractivity contribution in [3.05, 3.63) is 191 Å². The number of allylic oxidation sites excluding steroid dienone is 9. The van der Waals surface area contributed by atoms with E-state index in [4.69, 9.17) is 4.98 Å². The maximum Gasteiger partial charge on any atom is 0.0790 e. The Morgan fingerprint density at radius 1 is 0.771 bits per heavy atom. The van der Waals surface area contributed by atoms with Crippen molar-refractivity contribution in [1.82, 2.24) is 4.98 Å². The van der Waals surface area contributed by atoms with Gasteiger partial charge >= 0.3 is 0 Å². The standard InChI is InChI=1S/C47H35N/c1-29(35-25-26-41-38-17-10-16-37(38)40-19-11-18-39(35)45(40)41)20-23-36-30(2)21-24-42-43-28-34(31(3)32-12-6-4-7-13-32)22-27-44(43)48-47(46(36)42)33-14-8-5-9-15-33/h4-15,17-20,22-23,25-28H,2-3,16,21,24H2,1H3/b29-20+,36-23+. The summed E-state index contributed by atoms with van der Waals surface area (Å²) in [6.07, 6.45) is 12.0. The molecule has 1 heterocycles. The quantitative estimate of drug-likeness (QED) is 0.188. The summed E-state index contributed by atoms with van der Waals surface area (Å²) in [7, 11) is 0. The lowest BCUT2D eigenvalue weighted by Gasteiger charge is -2.26. The zero-order chi connectivity index (χ0) is 32.4. The molecule has 1 aromatic heterocycles. The Morgan fingerprint density at radius 2 is 1.58 bits per heavy atom. The van der Waals surface area contributed by atoms with Gasteiger partial charge in [-0.2, -0.15) is 0 Å². The molecule has 1 heteroatoms. The molecule has 0 amide bonds. The zero-order valence-electron chi connectivity index (χ0n) is 27.2. The smallest absolute Gasteiger partial charge is 0.0790 e. The molecule has 228 valence electrons. The first kappa shape index (κ1) is 28.4. The maximum absolute atomic E-state index is 5.35. The molecule has 0 spiro atoms. The summed E-state index contributed by atoms with van der Waals surface area (Å²) in [6, 6.07) is 39.1. The van der Waals surface area contributed by atoms with Gasteiger partial charge in [-0.1, -0.05) is 135 Å². The number of aryl methyl sites for hydroxylation is 1. The van der Waals surface area contributed by atoms with Crippen molar-refractivity contribution in [1.29, 1.82) is 0 Å². The van der Waals surface area contributed by atoms with Crippen LogP contribution in [-0.4, -0.2) is 4.98 Å². The molecule has 48 heavy (non-hydrogen) atoms. The highest BCUT2D eigenvalue weighted by Gasteiger charge is 2.27. The van der Waals surface area contributed by atoms with Gasteiger partial charge in [0.25, 0.3) is 0 Å². The van der Waals surface area contributed by atoms with Gasteiger partial charge in [0.05, 0.1) is 11.2 Å². The van der Waals surface area contributed by atoms with Gasteiger partial charge in [0.15, 0.2) is 0 Å². The number of pyridine rings is 1. The van der Waals surface area contributed by atoms with E-state index in [1.807, 2.05) is 6.07 Å².